The standard InChI is InChI=1S/C22H23N3O2/c1-15-19(16(2)24-22(27)20(15)14-23)8-9-21(26)25-12-10-18(11-13-25)17-6-4-3-5-7-17/h3-7,10H,8-9,11-13H2,1-2H3,(H,24,27). The van der Waals surface area contributed by atoms with Gasteiger partial charge >= 0.3 is 0 Å². The number of aromatic nitrogens is 1. The summed E-state index contributed by atoms with van der Waals surface area (Å²) < 4.78 is 0. The quantitative estimate of drug-likeness (QED) is 0.909. The molecule has 0 saturated heterocycles. The van der Waals surface area contributed by atoms with Gasteiger partial charge in [0.05, 0.1) is 0 Å². The Bertz CT molecular complexity index is 981. The lowest BCUT2D eigenvalue weighted by atomic mass is 9.97. The average molecular weight is 361 g/mol. The molecule has 2 aromatic rings. The highest BCUT2D eigenvalue weighted by atomic mass is 16.2. The Balaban J connectivity index is 1.66. The molecule has 5 nitrogen and oxygen atoms in total. The van der Waals surface area contributed by atoms with Crippen LogP contribution in [0.15, 0.2) is 41.2 Å². The summed E-state index contributed by atoms with van der Waals surface area (Å²) >= 11 is 0. The summed E-state index contributed by atoms with van der Waals surface area (Å²) in [4.78, 5) is 29.0. The van der Waals surface area contributed by atoms with Gasteiger partial charge in [0.2, 0.25) is 5.91 Å². The third-order valence-electron chi connectivity index (χ3n) is 5.22. The van der Waals surface area contributed by atoms with Crippen molar-refractivity contribution in [2.75, 3.05) is 13.1 Å². The van der Waals surface area contributed by atoms with Crippen LogP contribution < -0.4 is 5.56 Å². The predicted molar refractivity (Wildman–Crippen MR) is 105 cm³/mol. The second-order valence-electron chi connectivity index (χ2n) is 6.85. The number of amides is 1. The first-order valence-electron chi connectivity index (χ1n) is 9.16. The highest BCUT2D eigenvalue weighted by Gasteiger charge is 2.19. The van der Waals surface area contributed by atoms with Gasteiger partial charge < -0.3 is 9.88 Å². The number of pyridine rings is 1. The molecular weight excluding hydrogens is 338 g/mol. The molecule has 1 amide bonds. The molecule has 1 aromatic heterocycles. The van der Waals surface area contributed by atoms with Crippen molar-refractivity contribution in [2.45, 2.75) is 33.1 Å². The minimum Gasteiger partial charge on any atom is -0.339 e. The van der Waals surface area contributed by atoms with Crippen molar-refractivity contribution in [2.24, 2.45) is 0 Å². The van der Waals surface area contributed by atoms with Gasteiger partial charge in [-0.2, -0.15) is 5.26 Å². The molecule has 138 valence electrons. The fourth-order valence-corrected chi connectivity index (χ4v) is 3.62. The zero-order chi connectivity index (χ0) is 19.4. The average Bonchev–Trinajstić information content (AvgIpc) is 2.68. The van der Waals surface area contributed by atoms with Crippen LogP contribution in [0.3, 0.4) is 0 Å². The van der Waals surface area contributed by atoms with Crippen LogP contribution in [0, 0.1) is 25.2 Å². The Hall–Kier alpha value is -3.13. The van der Waals surface area contributed by atoms with Gasteiger partial charge in [-0.05, 0) is 49.0 Å². The van der Waals surface area contributed by atoms with E-state index < -0.39 is 0 Å². The van der Waals surface area contributed by atoms with E-state index in [1.54, 1.807) is 6.92 Å². The van der Waals surface area contributed by atoms with Crippen LogP contribution in [0.4, 0.5) is 0 Å². The second kappa shape index (κ2) is 8.05. The fraction of sp³-hybridized carbons (Fsp3) is 0.318. The number of rotatable bonds is 4. The van der Waals surface area contributed by atoms with Crippen molar-refractivity contribution in [3.63, 3.8) is 0 Å². The smallest absolute Gasteiger partial charge is 0.266 e. The number of carbonyl (C=O) groups excluding carboxylic acids is 1. The Kier molecular flexibility index (Phi) is 5.56. The molecule has 0 atom stereocenters. The predicted octanol–water partition coefficient (Wildman–Crippen LogP) is 3.11. The van der Waals surface area contributed by atoms with E-state index >= 15 is 0 Å². The normalized spacial score (nSPS) is 13.8. The highest BCUT2D eigenvalue weighted by Crippen LogP contribution is 2.23. The van der Waals surface area contributed by atoms with Crippen LogP contribution >= 0.6 is 0 Å². The number of nitrogens with one attached hydrogen (secondary N) is 1. The summed E-state index contributed by atoms with van der Waals surface area (Å²) in [5.74, 6) is 0.0990. The molecule has 0 unspecified atom stereocenters. The first kappa shape index (κ1) is 18.7. The van der Waals surface area contributed by atoms with E-state index in [-0.39, 0.29) is 17.0 Å². The number of hydrogen-bond acceptors (Lipinski definition) is 3. The molecule has 0 bridgehead atoms. The number of nitriles is 1. The Morgan fingerprint density at radius 1 is 1.26 bits per heavy atom. The van der Waals surface area contributed by atoms with Gasteiger partial charge in [-0.3, -0.25) is 9.59 Å². The number of nitrogens with zero attached hydrogens (tertiary/aromatic N) is 2. The summed E-state index contributed by atoms with van der Waals surface area (Å²) in [6.45, 7) is 4.92. The summed E-state index contributed by atoms with van der Waals surface area (Å²) in [6, 6.07) is 12.2. The van der Waals surface area contributed by atoms with E-state index in [9.17, 15) is 9.59 Å². The topological polar surface area (TPSA) is 77.0 Å². The number of aryl methyl sites for hydroxylation is 1. The second-order valence-corrected chi connectivity index (χ2v) is 6.85. The number of hydrogen-bond donors (Lipinski definition) is 1. The molecular formula is C22H23N3O2. The lowest BCUT2D eigenvalue weighted by molar-refractivity contribution is -0.130. The maximum absolute atomic E-state index is 12.6. The van der Waals surface area contributed by atoms with Crippen molar-refractivity contribution in [1.29, 1.82) is 5.26 Å². The summed E-state index contributed by atoms with van der Waals surface area (Å²) in [5, 5.41) is 9.16. The third kappa shape index (κ3) is 4.01. The van der Waals surface area contributed by atoms with Gasteiger partial charge in [-0.1, -0.05) is 36.4 Å². The van der Waals surface area contributed by atoms with Crippen molar-refractivity contribution >= 4 is 11.5 Å². The molecule has 1 aromatic carbocycles. The molecule has 2 heterocycles. The Morgan fingerprint density at radius 3 is 2.63 bits per heavy atom. The monoisotopic (exact) mass is 361 g/mol. The van der Waals surface area contributed by atoms with Crippen molar-refractivity contribution < 1.29 is 4.79 Å². The van der Waals surface area contributed by atoms with E-state index in [2.05, 4.69) is 23.2 Å². The molecule has 0 saturated carbocycles. The largest absolute Gasteiger partial charge is 0.339 e. The van der Waals surface area contributed by atoms with Crippen molar-refractivity contribution in [3.05, 3.63) is 74.7 Å². The van der Waals surface area contributed by atoms with Crippen molar-refractivity contribution in [1.82, 2.24) is 9.88 Å². The molecule has 3 rings (SSSR count). The number of aromatic amines is 1. The minimum absolute atomic E-state index is 0.0990. The van der Waals surface area contributed by atoms with Gasteiger partial charge in [0.1, 0.15) is 11.6 Å². The van der Waals surface area contributed by atoms with E-state index in [4.69, 9.17) is 5.26 Å². The van der Waals surface area contributed by atoms with E-state index in [0.717, 1.165) is 17.7 Å². The maximum Gasteiger partial charge on any atom is 0.266 e. The Morgan fingerprint density at radius 2 is 2.00 bits per heavy atom. The van der Waals surface area contributed by atoms with Gasteiger partial charge in [0.15, 0.2) is 0 Å². The van der Waals surface area contributed by atoms with Crippen LogP contribution in [0.25, 0.3) is 5.57 Å². The van der Waals surface area contributed by atoms with Gasteiger partial charge in [-0.15, -0.1) is 0 Å². The van der Waals surface area contributed by atoms with Crippen LogP contribution in [-0.4, -0.2) is 28.9 Å². The van der Waals surface area contributed by atoms with Crippen LogP contribution in [-0.2, 0) is 11.2 Å². The van der Waals surface area contributed by atoms with Gasteiger partial charge in [0, 0.05) is 25.2 Å². The first-order valence-corrected chi connectivity index (χ1v) is 9.16. The molecule has 27 heavy (non-hydrogen) atoms. The van der Waals surface area contributed by atoms with Crippen LogP contribution in [0.5, 0.6) is 0 Å². The summed E-state index contributed by atoms with van der Waals surface area (Å²) in [7, 11) is 0. The highest BCUT2D eigenvalue weighted by molar-refractivity contribution is 5.78. The molecule has 1 aliphatic rings. The lowest BCUT2D eigenvalue weighted by Crippen LogP contribution is -2.35. The first-order chi connectivity index (χ1) is 13.0. The summed E-state index contributed by atoms with van der Waals surface area (Å²) in [5.41, 5.74) is 4.56. The maximum atomic E-state index is 12.6. The van der Waals surface area contributed by atoms with Gasteiger partial charge in [-0.25, -0.2) is 0 Å². The number of benzene rings is 1. The fourth-order valence-electron chi connectivity index (χ4n) is 3.62. The van der Waals surface area contributed by atoms with Crippen LogP contribution in [0.2, 0.25) is 0 Å². The SMILES string of the molecule is Cc1[nH]c(=O)c(C#N)c(C)c1CCC(=O)N1CC=C(c2ccccc2)CC1. The zero-order valence-electron chi connectivity index (χ0n) is 15.7. The third-order valence-corrected chi connectivity index (χ3v) is 5.22. The molecule has 1 N–H and O–H groups in total. The molecule has 0 spiro atoms. The van der Waals surface area contributed by atoms with E-state index in [1.165, 1.54) is 11.1 Å². The lowest BCUT2D eigenvalue weighted by Gasteiger charge is -2.27. The van der Waals surface area contributed by atoms with E-state index in [0.29, 0.717) is 31.5 Å². The minimum atomic E-state index is -0.364. The molecule has 0 aliphatic carbocycles. The van der Waals surface area contributed by atoms with Gasteiger partial charge in [0.25, 0.3) is 5.56 Å². The van der Waals surface area contributed by atoms with Crippen molar-refractivity contribution in [3.8, 4) is 6.07 Å². The van der Waals surface area contributed by atoms with Crippen LogP contribution in [0.1, 0.15) is 40.8 Å². The summed E-state index contributed by atoms with van der Waals surface area (Å²) in [6.07, 6.45) is 3.87. The zero-order valence-corrected chi connectivity index (χ0v) is 15.7. The molecule has 5 heteroatoms. The molecule has 1 aliphatic heterocycles. The van der Waals surface area contributed by atoms with E-state index in [1.807, 2.05) is 36.1 Å². The number of carbonyl (C=O) groups is 1. The molecule has 0 fully saturated rings. The molecule has 0 radical (unpaired) electrons. The Labute approximate surface area is 159 Å². The number of H-pyrrole nitrogens is 1.